The van der Waals surface area contributed by atoms with Gasteiger partial charge in [0.2, 0.25) is 11.8 Å². The van der Waals surface area contributed by atoms with Crippen LogP contribution in [0.5, 0.6) is 0 Å². The Kier molecular flexibility index (Phi) is 7.30. The number of nitrogens with zero attached hydrogens (tertiary/aromatic N) is 4. The van der Waals surface area contributed by atoms with Crippen molar-refractivity contribution >= 4 is 67.4 Å². The SMILES string of the molecule is Cc1nc(-c2ccc(CN3C(=O)C(CC(=O)Nc4ccccc4Br)SC3=Nc3ccsc3)cc2)n[nH]1. The van der Waals surface area contributed by atoms with E-state index in [0.29, 0.717) is 23.2 Å². The lowest BCUT2D eigenvalue weighted by Crippen LogP contribution is -2.33. The maximum atomic E-state index is 13.4. The first kappa shape index (κ1) is 24.4. The summed E-state index contributed by atoms with van der Waals surface area (Å²) in [5.74, 6) is 1.01. The molecule has 182 valence electrons. The number of aromatic amines is 1. The van der Waals surface area contributed by atoms with Gasteiger partial charge in [-0.3, -0.25) is 19.6 Å². The third-order valence-electron chi connectivity index (χ3n) is 5.42. The lowest BCUT2D eigenvalue weighted by atomic mass is 10.1. The Morgan fingerprint density at radius 3 is 2.69 bits per heavy atom. The van der Waals surface area contributed by atoms with E-state index in [0.717, 1.165) is 27.1 Å². The Bertz CT molecular complexity index is 1420. The maximum Gasteiger partial charge on any atom is 0.242 e. The van der Waals surface area contributed by atoms with Crippen molar-refractivity contribution in [2.45, 2.75) is 25.1 Å². The van der Waals surface area contributed by atoms with Gasteiger partial charge in [0.15, 0.2) is 11.0 Å². The highest BCUT2D eigenvalue weighted by Gasteiger charge is 2.39. The number of rotatable bonds is 7. The number of carbonyl (C=O) groups excluding carboxylic acids is 2. The number of thioether (sulfide) groups is 1. The van der Waals surface area contributed by atoms with Crippen molar-refractivity contribution in [2.75, 3.05) is 5.32 Å². The minimum atomic E-state index is -0.555. The number of hydrogen-bond donors (Lipinski definition) is 2. The zero-order valence-corrected chi connectivity index (χ0v) is 22.4. The topological polar surface area (TPSA) is 103 Å². The van der Waals surface area contributed by atoms with Gasteiger partial charge in [-0.1, -0.05) is 48.2 Å². The van der Waals surface area contributed by atoms with Crippen molar-refractivity contribution < 1.29 is 9.59 Å². The summed E-state index contributed by atoms with van der Waals surface area (Å²) in [6.07, 6.45) is 0.0487. The van der Waals surface area contributed by atoms with Gasteiger partial charge < -0.3 is 5.32 Å². The summed E-state index contributed by atoms with van der Waals surface area (Å²) in [6.45, 7) is 2.20. The first-order valence-electron chi connectivity index (χ1n) is 11.1. The molecule has 0 radical (unpaired) electrons. The molecule has 0 bridgehead atoms. The van der Waals surface area contributed by atoms with E-state index < -0.39 is 5.25 Å². The van der Waals surface area contributed by atoms with Crippen molar-refractivity contribution in [3.05, 3.63) is 81.2 Å². The molecule has 8 nitrogen and oxygen atoms in total. The van der Waals surface area contributed by atoms with Gasteiger partial charge in [-0.05, 0) is 52.0 Å². The van der Waals surface area contributed by atoms with Crippen LogP contribution in [-0.4, -0.2) is 42.3 Å². The van der Waals surface area contributed by atoms with E-state index in [2.05, 4.69) is 36.4 Å². The van der Waals surface area contributed by atoms with Crippen molar-refractivity contribution in [3.63, 3.8) is 0 Å². The van der Waals surface area contributed by atoms with Crippen LogP contribution in [0.15, 0.2) is 74.8 Å². The summed E-state index contributed by atoms with van der Waals surface area (Å²) in [5.41, 5.74) is 3.29. The summed E-state index contributed by atoms with van der Waals surface area (Å²) >= 11 is 6.30. The molecule has 0 saturated carbocycles. The zero-order valence-electron chi connectivity index (χ0n) is 19.1. The molecule has 2 amide bonds. The molecule has 1 atom stereocenters. The standard InChI is InChI=1S/C25H21BrN6O2S2/c1-15-27-23(31-30-15)17-8-6-16(7-9-17)13-32-24(34)21(36-25(32)28-18-10-11-35-14-18)12-22(33)29-20-5-3-2-4-19(20)26/h2-11,14,21H,12-13H2,1H3,(H,29,33)(H,27,30,31). The van der Waals surface area contributed by atoms with E-state index >= 15 is 0 Å². The molecule has 1 fully saturated rings. The van der Waals surface area contributed by atoms with Crippen LogP contribution >= 0.6 is 39.0 Å². The maximum absolute atomic E-state index is 13.4. The molecule has 1 saturated heterocycles. The molecule has 4 aromatic rings. The highest BCUT2D eigenvalue weighted by molar-refractivity contribution is 9.10. The second-order valence-corrected chi connectivity index (χ2v) is 10.9. The number of benzene rings is 2. The number of aliphatic imine (C=N–C) groups is 1. The van der Waals surface area contributed by atoms with Crippen LogP contribution in [0.1, 0.15) is 17.8 Å². The number of thiophene rings is 1. The first-order valence-corrected chi connectivity index (χ1v) is 13.7. The average molecular weight is 582 g/mol. The van der Waals surface area contributed by atoms with Crippen molar-refractivity contribution in [1.29, 1.82) is 0 Å². The third-order valence-corrected chi connectivity index (χ3v) is 7.96. The second-order valence-electron chi connectivity index (χ2n) is 8.08. The number of para-hydroxylation sites is 1. The molecule has 1 aliphatic heterocycles. The Labute approximate surface area is 224 Å². The van der Waals surface area contributed by atoms with Gasteiger partial charge in [0.1, 0.15) is 11.1 Å². The summed E-state index contributed by atoms with van der Waals surface area (Å²) < 4.78 is 0.786. The van der Waals surface area contributed by atoms with E-state index in [4.69, 9.17) is 4.99 Å². The van der Waals surface area contributed by atoms with Gasteiger partial charge in [0.25, 0.3) is 0 Å². The fraction of sp³-hybridized carbons (Fsp3) is 0.160. The third kappa shape index (κ3) is 5.58. The number of carbonyl (C=O) groups is 2. The van der Waals surface area contributed by atoms with Gasteiger partial charge in [-0.15, -0.1) is 0 Å². The fourth-order valence-corrected chi connectivity index (χ4v) is 5.76. The quantitative estimate of drug-likeness (QED) is 0.289. The van der Waals surface area contributed by atoms with Crippen LogP contribution in [0.3, 0.4) is 0 Å². The average Bonchev–Trinajstić information content (AvgIpc) is 3.60. The smallest absolute Gasteiger partial charge is 0.242 e. The predicted molar refractivity (Wildman–Crippen MR) is 147 cm³/mol. The first-order chi connectivity index (χ1) is 17.5. The molecular weight excluding hydrogens is 560 g/mol. The Morgan fingerprint density at radius 2 is 2.00 bits per heavy atom. The molecule has 1 unspecified atom stereocenters. The highest BCUT2D eigenvalue weighted by atomic mass is 79.9. The van der Waals surface area contributed by atoms with Gasteiger partial charge in [0.05, 0.1) is 17.9 Å². The normalized spacial score (nSPS) is 16.6. The monoisotopic (exact) mass is 580 g/mol. The number of amides is 2. The molecule has 2 aromatic heterocycles. The lowest BCUT2D eigenvalue weighted by Gasteiger charge is -2.17. The summed E-state index contributed by atoms with van der Waals surface area (Å²) in [7, 11) is 0. The van der Waals surface area contributed by atoms with Gasteiger partial charge in [-0.25, -0.2) is 9.98 Å². The number of anilines is 1. The molecule has 1 aliphatic rings. The molecule has 5 rings (SSSR count). The Morgan fingerprint density at radius 1 is 1.19 bits per heavy atom. The number of aryl methyl sites for hydroxylation is 1. The van der Waals surface area contributed by atoms with Gasteiger partial charge in [0, 0.05) is 21.8 Å². The number of hydrogen-bond acceptors (Lipinski definition) is 7. The highest BCUT2D eigenvalue weighted by Crippen LogP contribution is 2.34. The van der Waals surface area contributed by atoms with Crippen LogP contribution < -0.4 is 5.32 Å². The van der Waals surface area contributed by atoms with Crippen LogP contribution in [-0.2, 0) is 16.1 Å². The molecule has 11 heteroatoms. The molecule has 0 spiro atoms. The van der Waals surface area contributed by atoms with E-state index in [1.165, 1.54) is 11.8 Å². The van der Waals surface area contributed by atoms with E-state index in [9.17, 15) is 9.59 Å². The number of H-pyrrole nitrogens is 1. The second kappa shape index (κ2) is 10.8. The number of aromatic nitrogens is 3. The van der Waals surface area contributed by atoms with Crippen molar-refractivity contribution in [3.8, 4) is 11.4 Å². The minimum absolute atomic E-state index is 0.0487. The van der Waals surface area contributed by atoms with Crippen LogP contribution in [0.25, 0.3) is 11.4 Å². The largest absolute Gasteiger partial charge is 0.325 e. The summed E-state index contributed by atoms with van der Waals surface area (Å²) in [6, 6.07) is 17.1. The van der Waals surface area contributed by atoms with E-state index in [1.807, 2.05) is 72.3 Å². The molecular formula is C25H21BrN6O2S2. The fourth-order valence-electron chi connectivity index (χ4n) is 3.65. The van der Waals surface area contributed by atoms with Gasteiger partial charge >= 0.3 is 0 Å². The molecule has 2 N–H and O–H groups in total. The molecule has 3 heterocycles. The van der Waals surface area contributed by atoms with Crippen LogP contribution in [0, 0.1) is 6.92 Å². The van der Waals surface area contributed by atoms with E-state index in [-0.39, 0.29) is 18.2 Å². The molecule has 36 heavy (non-hydrogen) atoms. The van der Waals surface area contributed by atoms with E-state index in [1.54, 1.807) is 16.2 Å². The minimum Gasteiger partial charge on any atom is -0.325 e. The zero-order chi connectivity index (χ0) is 25.1. The van der Waals surface area contributed by atoms with Crippen LogP contribution in [0.4, 0.5) is 11.4 Å². The molecule has 0 aliphatic carbocycles. The summed E-state index contributed by atoms with van der Waals surface area (Å²) in [4.78, 5) is 36.9. The number of amidine groups is 1. The summed E-state index contributed by atoms with van der Waals surface area (Å²) in [5, 5.41) is 13.8. The Hall–Kier alpha value is -3.28. The number of nitrogens with one attached hydrogen (secondary N) is 2. The lowest BCUT2D eigenvalue weighted by molar-refractivity contribution is -0.128. The predicted octanol–water partition coefficient (Wildman–Crippen LogP) is 5.76. The molecule has 2 aromatic carbocycles. The van der Waals surface area contributed by atoms with Gasteiger partial charge in [-0.2, -0.15) is 16.4 Å². The van der Waals surface area contributed by atoms with Crippen LogP contribution in [0.2, 0.25) is 0 Å². The van der Waals surface area contributed by atoms with Crippen molar-refractivity contribution in [2.24, 2.45) is 4.99 Å². The number of halogens is 1. The van der Waals surface area contributed by atoms with Crippen molar-refractivity contribution in [1.82, 2.24) is 20.1 Å². The Balaban J connectivity index is 1.33.